The van der Waals surface area contributed by atoms with Crippen LogP contribution in [0.5, 0.6) is 5.75 Å². The van der Waals surface area contributed by atoms with Gasteiger partial charge in [-0.05, 0) is 67.6 Å². The van der Waals surface area contributed by atoms with Gasteiger partial charge in [0.25, 0.3) is 0 Å². The van der Waals surface area contributed by atoms with Gasteiger partial charge in [-0.15, -0.1) is 0 Å². The van der Waals surface area contributed by atoms with Crippen molar-refractivity contribution in [3.8, 4) is 5.75 Å². The smallest absolute Gasteiger partial charge is 0.231 e. The van der Waals surface area contributed by atoms with Gasteiger partial charge in [-0.2, -0.15) is 0 Å². The lowest BCUT2D eigenvalue weighted by Crippen LogP contribution is -2.42. The van der Waals surface area contributed by atoms with E-state index in [1.165, 1.54) is 5.56 Å². The van der Waals surface area contributed by atoms with Crippen LogP contribution in [0.25, 0.3) is 10.8 Å². The molecule has 31 heavy (non-hydrogen) atoms. The average Bonchev–Trinajstić information content (AvgIpc) is 2.73. The van der Waals surface area contributed by atoms with Crippen molar-refractivity contribution in [3.63, 3.8) is 0 Å². The predicted octanol–water partition coefficient (Wildman–Crippen LogP) is 6.16. The van der Waals surface area contributed by atoms with Crippen molar-refractivity contribution in [2.24, 2.45) is 5.41 Å². The number of anilines is 1. The van der Waals surface area contributed by atoms with Crippen LogP contribution in [0.2, 0.25) is 0 Å². The average molecular weight is 435 g/mol. The monoisotopic (exact) mass is 434 g/mol. The number of amides is 1. The molecule has 0 unspecified atom stereocenters. The molecule has 0 saturated heterocycles. The van der Waals surface area contributed by atoms with Gasteiger partial charge in [0.2, 0.25) is 5.91 Å². The largest absolute Gasteiger partial charge is 0.493 e. The summed E-state index contributed by atoms with van der Waals surface area (Å²) in [6, 6.07) is 20.2. The maximum absolute atomic E-state index is 12.8. The lowest BCUT2D eigenvalue weighted by molar-refractivity contribution is -0.128. The number of hydrogen-bond acceptors (Lipinski definition) is 3. The van der Waals surface area contributed by atoms with Gasteiger partial charge in [-0.3, -0.25) is 4.79 Å². The number of aryl methyl sites for hydroxylation is 2. The Kier molecular flexibility index (Phi) is 7.29. The number of rotatable bonds is 7. The fourth-order valence-electron chi connectivity index (χ4n) is 3.43. The van der Waals surface area contributed by atoms with Gasteiger partial charge in [-0.25, -0.2) is 0 Å². The number of ether oxygens (including phenoxy) is 1. The molecule has 3 rings (SSSR count). The minimum atomic E-state index is -0.560. The third-order valence-corrected chi connectivity index (χ3v) is 5.63. The molecule has 1 amide bonds. The maximum Gasteiger partial charge on any atom is 0.231 e. The first kappa shape index (κ1) is 22.8. The molecule has 0 aliphatic heterocycles. The summed E-state index contributed by atoms with van der Waals surface area (Å²) < 4.78 is 5.92. The molecule has 0 aromatic heterocycles. The minimum absolute atomic E-state index is 0.100. The Morgan fingerprint density at radius 2 is 1.77 bits per heavy atom. The van der Waals surface area contributed by atoms with E-state index in [2.05, 4.69) is 29.7 Å². The van der Waals surface area contributed by atoms with Crippen molar-refractivity contribution in [1.29, 1.82) is 0 Å². The van der Waals surface area contributed by atoms with E-state index in [9.17, 15) is 4.79 Å². The van der Waals surface area contributed by atoms with Crippen LogP contribution in [0.3, 0.4) is 0 Å². The highest BCUT2D eigenvalue weighted by Gasteiger charge is 2.28. The maximum atomic E-state index is 12.8. The van der Waals surface area contributed by atoms with Gasteiger partial charge in [0.05, 0.1) is 6.61 Å². The second kappa shape index (κ2) is 9.92. The third kappa shape index (κ3) is 6.05. The predicted molar refractivity (Wildman–Crippen MR) is 133 cm³/mol. The number of hydrogen-bond donors (Lipinski definition) is 2. The second-order valence-corrected chi connectivity index (χ2v) is 8.95. The van der Waals surface area contributed by atoms with E-state index in [1.807, 2.05) is 69.3 Å². The minimum Gasteiger partial charge on any atom is -0.493 e. The molecule has 0 spiro atoms. The molecule has 0 aliphatic carbocycles. The van der Waals surface area contributed by atoms with Crippen molar-refractivity contribution in [2.75, 3.05) is 11.9 Å². The molecule has 3 aromatic carbocycles. The van der Waals surface area contributed by atoms with Crippen LogP contribution in [0.1, 0.15) is 37.8 Å². The van der Waals surface area contributed by atoms with Gasteiger partial charge in [0, 0.05) is 16.5 Å². The molecule has 0 atom stereocenters. The van der Waals surface area contributed by atoms with Gasteiger partial charge in [0.1, 0.15) is 5.75 Å². The van der Waals surface area contributed by atoms with Crippen LogP contribution in [0.4, 0.5) is 5.69 Å². The Bertz CT molecular complexity index is 1090. The van der Waals surface area contributed by atoms with Crippen LogP contribution in [0.15, 0.2) is 60.7 Å². The highest BCUT2D eigenvalue weighted by atomic mass is 32.1. The summed E-state index contributed by atoms with van der Waals surface area (Å²) in [5.41, 5.74) is 2.61. The van der Waals surface area contributed by atoms with Crippen molar-refractivity contribution in [1.82, 2.24) is 5.32 Å². The number of carbonyl (C=O) groups excluding carboxylic acids is 1. The molecule has 0 radical (unpaired) electrons. The molecule has 3 aromatic rings. The van der Waals surface area contributed by atoms with E-state index in [4.69, 9.17) is 17.0 Å². The zero-order chi connectivity index (χ0) is 22.4. The normalized spacial score (nSPS) is 11.2. The van der Waals surface area contributed by atoms with Crippen molar-refractivity contribution in [3.05, 3.63) is 71.8 Å². The van der Waals surface area contributed by atoms with E-state index >= 15 is 0 Å². The number of thiocarbonyl (C=S) groups is 1. The van der Waals surface area contributed by atoms with E-state index in [0.717, 1.165) is 34.2 Å². The first-order chi connectivity index (χ1) is 14.8. The van der Waals surface area contributed by atoms with Crippen LogP contribution < -0.4 is 15.4 Å². The van der Waals surface area contributed by atoms with E-state index in [0.29, 0.717) is 18.1 Å². The number of nitrogens with one attached hydrogen (secondary N) is 2. The van der Waals surface area contributed by atoms with Gasteiger partial charge < -0.3 is 15.4 Å². The molecule has 0 fully saturated rings. The quantitative estimate of drug-likeness (QED) is 0.346. The second-order valence-electron chi connectivity index (χ2n) is 8.54. The summed E-state index contributed by atoms with van der Waals surface area (Å²) in [7, 11) is 0. The molecule has 0 aliphatic rings. The summed E-state index contributed by atoms with van der Waals surface area (Å²) in [5.74, 6) is 0.805. The lowest BCUT2D eigenvalue weighted by Gasteiger charge is -2.24. The van der Waals surface area contributed by atoms with Crippen LogP contribution in [-0.4, -0.2) is 17.6 Å². The molecule has 5 heteroatoms. The van der Waals surface area contributed by atoms with Crippen molar-refractivity contribution >= 4 is 39.7 Å². The lowest BCUT2D eigenvalue weighted by atomic mass is 9.87. The highest BCUT2D eigenvalue weighted by Crippen LogP contribution is 2.25. The van der Waals surface area contributed by atoms with Gasteiger partial charge >= 0.3 is 0 Å². The Morgan fingerprint density at radius 1 is 1.03 bits per heavy atom. The van der Waals surface area contributed by atoms with E-state index in [-0.39, 0.29) is 5.91 Å². The van der Waals surface area contributed by atoms with Crippen molar-refractivity contribution in [2.45, 2.75) is 40.5 Å². The zero-order valence-corrected chi connectivity index (χ0v) is 19.4. The van der Waals surface area contributed by atoms with Gasteiger partial charge in [-0.1, -0.05) is 62.4 Å². The fraction of sp³-hybridized carbons (Fsp3) is 0.308. The molecule has 0 heterocycles. The van der Waals surface area contributed by atoms with E-state index < -0.39 is 5.41 Å². The Labute approximate surface area is 190 Å². The molecule has 0 saturated carbocycles. The van der Waals surface area contributed by atoms with E-state index in [1.54, 1.807) is 0 Å². The summed E-state index contributed by atoms with van der Waals surface area (Å²) in [4.78, 5) is 12.8. The third-order valence-electron chi connectivity index (χ3n) is 5.43. The molecule has 162 valence electrons. The number of fused-ring (bicyclic) bond motifs is 1. The topological polar surface area (TPSA) is 50.4 Å². The zero-order valence-electron chi connectivity index (χ0n) is 18.6. The Morgan fingerprint density at radius 3 is 2.58 bits per heavy atom. The Hall–Kier alpha value is -2.92. The summed E-state index contributed by atoms with van der Waals surface area (Å²) in [6.45, 7) is 8.52. The first-order valence-electron chi connectivity index (χ1n) is 10.6. The SMILES string of the molecule is Cc1ccc(C)c(OCCCC(C)(C)C(=O)NC(=S)Nc2cccc3ccccc23)c1. The molecule has 0 bridgehead atoms. The summed E-state index contributed by atoms with van der Waals surface area (Å²) in [5, 5.41) is 8.49. The number of carbonyl (C=O) groups is 1. The number of benzene rings is 3. The fourth-order valence-corrected chi connectivity index (χ4v) is 3.64. The van der Waals surface area contributed by atoms with Crippen LogP contribution >= 0.6 is 12.2 Å². The standard InChI is InChI=1S/C26H30N2O2S/c1-18-13-14-19(2)23(17-18)30-16-8-15-26(3,4)24(29)28-25(31)27-22-12-7-10-20-9-5-6-11-21(20)22/h5-7,9-14,17H,8,15-16H2,1-4H3,(H2,27,28,29,31). The van der Waals surface area contributed by atoms with Crippen molar-refractivity contribution < 1.29 is 9.53 Å². The molecular formula is C26H30N2O2S. The molecule has 2 N–H and O–H groups in total. The first-order valence-corrected chi connectivity index (χ1v) is 11.0. The molecule has 4 nitrogen and oxygen atoms in total. The summed E-state index contributed by atoms with van der Waals surface area (Å²) in [6.07, 6.45) is 1.47. The van der Waals surface area contributed by atoms with Crippen LogP contribution in [0, 0.1) is 19.3 Å². The molecular weight excluding hydrogens is 404 g/mol. The van der Waals surface area contributed by atoms with Crippen LogP contribution in [-0.2, 0) is 4.79 Å². The highest BCUT2D eigenvalue weighted by molar-refractivity contribution is 7.80. The Balaban J connectivity index is 1.51. The van der Waals surface area contributed by atoms with Gasteiger partial charge in [0.15, 0.2) is 5.11 Å². The summed E-state index contributed by atoms with van der Waals surface area (Å²) >= 11 is 5.40.